The number of H-pyrrole nitrogens is 1. The highest BCUT2D eigenvalue weighted by molar-refractivity contribution is 7.99. The molecule has 3 aromatic rings. The second-order valence-corrected chi connectivity index (χ2v) is 8.19. The van der Waals surface area contributed by atoms with Gasteiger partial charge in [0.05, 0.1) is 25.9 Å². The lowest BCUT2D eigenvalue weighted by Gasteiger charge is -2.11. The van der Waals surface area contributed by atoms with Gasteiger partial charge in [-0.3, -0.25) is 5.10 Å². The molecule has 0 aliphatic carbocycles. The van der Waals surface area contributed by atoms with Crippen molar-refractivity contribution in [3.8, 4) is 22.9 Å². The molecule has 1 unspecified atom stereocenters. The quantitative estimate of drug-likeness (QED) is 0.502. The summed E-state index contributed by atoms with van der Waals surface area (Å²) in [5.74, 6) is 3.06. The van der Waals surface area contributed by atoms with Crippen molar-refractivity contribution in [2.75, 3.05) is 20.0 Å². The van der Waals surface area contributed by atoms with Crippen molar-refractivity contribution in [1.82, 2.24) is 15.2 Å². The molecule has 29 heavy (non-hydrogen) atoms. The van der Waals surface area contributed by atoms with Crippen LogP contribution in [0.1, 0.15) is 31.1 Å². The number of aliphatic hydroxyl groups is 1. The number of aromatic nitrogens is 3. The molecule has 2 aromatic carbocycles. The first-order valence-corrected chi connectivity index (χ1v) is 10.5. The Morgan fingerprint density at radius 2 is 1.83 bits per heavy atom. The zero-order chi connectivity index (χ0) is 20.8. The molecule has 6 nitrogen and oxygen atoms in total. The predicted octanol–water partition coefficient (Wildman–Crippen LogP) is 4.51. The lowest BCUT2D eigenvalue weighted by molar-refractivity contribution is 0.204. The van der Waals surface area contributed by atoms with E-state index in [4.69, 9.17) is 9.47 Å². The third-order valence-corrected chi connectivity index (χ3v) is 5.43. The van der Waals surface area contributed by atoms with Crippen LogP contribution in [-0.4, -0.2) is 40.3 Å². The largest absolute Gasteiger partial charge is 0.497 e. The van der Waals surface area contributed by atoms with Crippen molar-refractivity contribution in [1.29, 1.82) is 0 Å². The Labute approximate surface area is 175 Å². The van der Waals surface area contributed by atoms with Crippen LogP contribution in [0.5, 0.6) is 11.5 Å². The lowest BCUT2D eigenvalue weighted by Crippen LogP contribution is -2.02. The summed E-state index contributed by atoms with van der Waals surface area (Å²) in [4.78, 5) is 4.52. The Balaban J connectivity index is 1.63. The Hall–Kier alpha value is -2.51. The first-order valence-electron chi connectivity index (χ1n) is 9.54. The van der Waals surface area contributed by atoms with Crippen LogP contribution < -0.4 is 9.47 Å². The van der Waals surface area contributed by atoms with Crippen molar-refractivity contribution >= 4 is 11.8 Å². The average molecular weight is 414 g/mol. The molecular weight excluding hydrogens is 386 g/mol. The highest BCUT2D eigenvalue weighted by Gasteiger charge is 2.14. The van der Waals surface area contributed by atoms with Crippen LogP contribution in [0, 0.1) is 5.92 Å². The van der Waals surface area contributed by atoms with Crippen molar-refractivity contribution in [2.24, 2.45) is 5.92 Å². The lowest BCUT2D eigenvalue weighted by atomic mass is 10.0. The molecule has 3 rings (SSSR count). The van der Waals surface area contributed by atoms with Crippen molar-refractivity contribution in [3.05, 3.63) is 53.6 Å². The number of aliphatic hydroxyl groups excluding tert-OH is 1. The number of nitrogens with one attached hydrogen (secondary N) is 1. The smallest absolute Gasteiger partial charge is 0.208 e. The summed E-state index contributed by atoms with van der Waals surface area (Å²) in [6.45, 7) is 4.40. The number of ether oxygens (including phenoxy) is 2. The summed E-state index contributed by atoms with van der Waals surface area (Å²) in [5.41, 5.74) is 2.99. The first-order chi connectivity index (χ1) is 14.0. The molecule has 1 atom stereocenters. The number of thioether (sulfide) groups is 1. The van der Waals surface area contributed by atoms with Gasteiger partial charge in [0.2, 0.25) is 5.16 Å². The van der Waals surface area contributed by atoms with Crippen LogP contribution in [0.15, 0.2) is 47.6 Å². The zero-order valence-electron chi connectivity index (χ0n) is 17.2. The van der Waals surface area contributed by atoms with Crippen LogP contribution >= 0.6 is 11.8 Å². The molecule has 0 fully saturated rings. The standard InChI is InChI=1S/C22H27N3O3S/c1-14(2)11-15-5-7-16(8-6-15)19(26)13-29-22-23-21(24-25-22)18-10-9-17(27-3)12-20(18)28-4/h5-10,12,14,19,26H,11,13H2,1-4H3,(H,23,24,25). The molecule has 0 saturated heterocycles. The molecule has 0 spiro atoms. The van der Waals surface area contributed by atoms with Gasteiger partial charge in [0.25, 0.3) is 0 Å². The van der Waals surface area contributed by atoms with E-state index >= 15 is 0 Å². The van der Waals surface area contributed by atoms with E-state index in [1.54, 1.807) is 20.3 Å². The van der Waals surface area contributed by atoms with E-state index in [9.17, 15) is 5.11 Å². The van der Waals surface area contributed by atoms with Crippen LogP contribution in [0.25, 0.3) is 11.4 Å². The van der Waals surface area contributed by atoms with E-state index in [1.165, 1.54) is 17.3 Å². The van der Waals surface area contributed by atoms with Crippen LogP contribution in [0.4, 0.5) is 0 Å². The maximum Gasteiger partial charge on any atom is 0.208 e. The van der Waals surface area contributed by atoms with Gasteiger partial charge in [-0.1, -0.05) is 49.9 Å². The first kappa shape index (κ1) is 21.2. The Bertz CT molecular complexity index is 925. The van der Waals surface area contributed by atoms with Crippen LogP contribution in [0.2, 0.25) is 0 Å². The molecule has 0 saturated carbocycles. The summed E-state index contributed by atoms with van der Waals surface area (Å²) in [6.07, 6.45) is 0.463. The Morgan fingerprint density at radius 3 is 2.48 bits per heavy atom. The van der Waals surface area contributed by atoms with Crippen molar-refractivity contribution in [3.63, 3.8) is 0 Å². The number of benzene rings is 2. The summed E-state index contributed by atoms with van der Waals surface area (Å²) >= 11 is 1.41. The maximum absolute atomic E-state index is 10.5. The zero-order valence-corrected chi connectivity index (χ0v) is 18.0. The van der Waals surface area contributed by atoms with Gasteiger partial charge in [-0.2, -0.15) is 0 Å². The minimum absolute atomic E-state index is 0.473. The highest BCUT2D eigenvalue weighted by Crippen LogP contribution is 2.32. The third-order valence-electron chi connectivity index (χ3n) is 4.51. The van der Waals surface area contributed by atoms with Gasteiger partial charge in [0.15, 0.2) is 5.82 Å². The third kappa shape index (κ3) is 5.52. The second-order valence-electron chi connectivity index (χ2n) is 7.20. The molecule has 1 aromatic heterocycles. The molecule has 1 heterocycles. The number of nitrogens with zero attached hydrogens (tertiary/aromatic N) is 2. The fourth-order valence-electron chi connectivity index (χ4n) is 3.02. The van der Waals surface area contributed by atoms with Crippen LogP contribution in [0.3, 0.4) is 0 Å². The minimum Gasteiger partial charge on any atom is -0.497 e. The van der Waals surface area contributed by atoms with E-state index in [-0.39, 0.29) is 0 Å². The molecule has 0 aliphatic rings. The Morgan fingerprint density at radius 1 is 1.07 bits per heavy atom. The topological polar surface area (TPSA) is 80.3 Å². The molecule has 2 N–H and O–H groups in total. The van der Waals surface area contributed by atoms with Gasteiger partial charge in [0, 0.05) is 11.8 Å². The molecule has 154 valence electrons. The van der Waals surface area contributed by atoms with E-state index in [0.717, 1.165) is 17.5 Å². The van der Waals surface area contributed by atoms with E-state index in [2.05, 4.69) is 41.2 Å². The van der Waals surface area contributed by atoms with E-state index < -0.39 is 6.10 Å². The summed E-state index contributed by atoms with van der Waals surface area (Å²) in [6, 6.07) is 13.7. The summed E-state index contributed by atoms with van der Waals surface area (Å²) in [5, 5.41) is 18.3. The second kappa shape index (κ2) is 9.80. The Kier molecular flexibility index (Phi) is 7.17. The molecular formula is C22H27N3O3S. The van der Waals surface area contributed by atoms with E-state index in [0.29, 0.717) is 34.2 Å². The summed E-state index contributed by atoms with van der Waals surface area (Å²) < 4.78 is 10.7. The fourth-order valence-corrected chi connectivity index (χ4v) is 3.79. The van der Waals surface area contributed by atoms with Gasteiger partial charge < -0.3 is 14.6 Å². The van der Waals surface area contributed by atoms with Crippen molar-refractivity contribution in [2.45, 2.75) is 31.5 Å². The molecule has 7 heteroatoms. The van der Waals surface area contributed by atoms with Crippen molar-refractivity contribution < 1.29 is 14.6 Å². The maximum atomic E-state index is 10.5. The monoisotopic (exact) mass is 413 g/mol. The number of methoxy groups -OCH3 is 2. The van der Waals surface area contributed by atoms with Crippen LogP contribution in [-0.2, 0) is 6.42 Å². The SMILES string of the molecule is COc1ccc(-c2nc(SCC(O)c3ccc(CC(C)C)cc3)n[nH]2)c(OC)c1. The molecule has 0 amide bonds. The number of aromatic amines is 1. The predicted molar refractivity (Wildman–Crippen MR) is 116 cm³/mol. The number of hydrogen-bond acceptors (Lipinski definition) is 6. The number of hydrogen-bond donors (Lipinski definition) is 2. The summed E-state index contributed by atoms with van der Waals surface area (Å²) in [7, 11) is 3.22. The van der Waals surface area contributed by atoms with Gasteiger partial charge in [-0.05, 0) is 35.6 Å². The van der Waals surface area contributed by atoms with Gasteiger partial charge in [0.1, 0.15) is 11.5 Å². The fraction of sp³-hybridized carbons (Fsp3) is 0.364. The minimum atomic E-state index is -0.578. The van der Waals surface area contributed by atoms with Gasteiger partial charge in [-0.15, -0.1) is 5.10 Å². The normalized spacial score (nSPS) is 12.2. The molecule has 0 bridgehead atoms. The molecule has 0 radical (unpaired) electrons. The van der Waals surface area contributed by atoms with E-state index in [1.807, 2.05) is 24.3 Å². The molecule has 0 aliphatic heterocycles. The number of rotatable bonds is 9. The average Bonchev–Trinajstić information content (AvgIpc) is 3.20. The van der Waals surface area contributed by atoms with Gasteiger partial charge >= 0.3 is 0 Å². The van der Waals surface area contributed by atoms with Gasteiger partial charge in [-0.25, -0.2) is 4.98 Å². The highest BCUT2D eigenvalue weighted by atomic mass is 32.2.